The molecule has 2 atom stereocenters. The number of fused-ring (bicyclic) bond motifs is 1. The molecule has 2 aliphatic rings. The van der Waals surface area contributed by atoms with Crippen molar-refractivity contribution in [2.75, 3.05) is 13.2 Å². The van der Waals surface area contributed by atoms with Crippen molar-refractivity contribution in [3.8, 4) is 5.75 Å². The van der Waals surface area contributed by atoms with E-state index in [2.05, 4.69) is 5.32 Å². The second-order valence-corrected chi connectivity index (χ2v) is 6.59. The van der Waals surface area contributed by atoms with Crippen LogP contribution >= 0.6 is 0 Å². The first kappa shape index (κ1) is 18.2. The zero-order valence-electron chi connectivity index (χ0n) is 14.9. The van der Waals surface area contributed by atoms with E-state index >= 15 is 0 Å². The van der Waals surface area contributed by atoms with Gasteiger partial charge < -0.3 is 10.1 Å². The molecule has 1 fully saturated rings. The van der Waals surface area contributed by atoms with Crippen LogP contribution in [0.1, 0.15) is 31.7 Å². The molecule has 1 N–H and O–H groups in total. The van der Waals surface area contributed by atoms with E-state index in [0.29, 0.717) is 26.0 Å². The van der Waals surface area contributed by atoms with Crippen molar-refractivity contribution in [2.24, 2.45) is 11.8 Å². The quantitative estimate of drug-likeness (QED) is 0.599. The highest BCUT2D eigenvalue weighted by atomic mass is 16.5. The van der Waals surface area contributed by atoms with E-state index in [9.17, 15) is 14.4 Å². The Balaban J connectivity index is 1.48. The number of nitrogens with one attached hydrogen (secondary N) is 1. The first-order valence-electron chi connectivity index (χ1n) is 9.08. The normalized spacial score (nSPS) is 21.7. The second-order valence-electron chi connectivity index (χ2n) is 6.59. The molecule has 0 bridgehead atoms. The molecule has 0 radical (unpaired) electrons. The van der Waals surface area contributed by atoms with Crippen molar-refractivity contribution in [3.05, 3.63) is 42.0 Å². The molecule has 0 aromatic heterocycles. The van der Waals surface area contributed by atoms with Gasteiger partial charge in [0.2, 0.25) is 17.7 Å². The molecule has 1 heterocycles. The maximum atomic E-state index is 12.4. The van der Waals surface area contributed by atoms with Crippen LogP contribution in [0, 0.1) is 11.8 Å². The number of hydrogen-bond donors (Lipinski definition) is 1. The van der Waals surface area contributed by atoms with Gasteiger partial charge >= 0.3 is 0 Å². The molecule has 138 valence electrons. The number of rotatable bonds is 7. The minimum absolute atomic E-state index is 0.121. The standard InChI is InChI=1S/C20H24N2O4/c1-2-26-15-7-5-6-14(12-15)13-21-18(23)10-11-22-19(24)16-8-3-4-9-17(16)20(22)25/h3-7,12,16-17H,2,8-11,13H2,1H3,(H,21,23)/t16-,17+. The van der Waals surface area contributed by atoms with Crippen molar-refractivity contribution in [2.45, 2.75) is 32.7 Å². The summed E-state index contributed by atoms with van der Waals surface area (Å²) in [4.78, 5) is 38.1. The van der Waals surface area contributed by atoms with Gasteiger partial charge in [-0.3, -0.25) is 19.3 Å². The molecule has 1 aromatic rings. The van der Waals surface area contributed by atoms with Crippen LogP contribution in [0.4, 0.5) is 0 Å². The summed E-state index contributed by atoms with van der Waals surface area (Å²) in [6.07, 6.45) is 5.27. The molecule has 6 nitrogen and oxygen atoms in total. The first-order valence-corrected chi connectivity index (χ1v) is 9.08. The van der Waals surface area contributed by atoms with Gasteiger partial charge in [-0.15, -0.1) is 0 Å². The minimum atomic E-state index is -0.239. The van der Waals surface area contributed by atoms with E-state index in [0.717, 1.165) is 11.3 Å². The molecule has 26 heavy (non-hydrogen) atoms. The van der Waals surface area contributed by atoms with E-state index in [1.807, 2.05) is 43.3 Å². The number of carbonyl (C=O) groups is 3. The van der Waals surface area contributed by atoms with Crippen LogP contribution in [0.3, 0.4) is 0 Å². The number of imide groups is 1. The van der Waals surface area contributed by atoms with Crippen molar-refractivity contribution in [1.82, 2.24) is 10.2 Å². The molecule has 1 aliphatic carbocycles. The number of carbonyl (C=O) groups excluding carboxylic acids is 3. The zero-order valence-corrected chi connectivity index (χ0v) is 14.9. The second kappa shape index (κ2) is 8.17. The van der Waals surface area contributed by atoms with Crippen LogP contribution in [0.2, 0.25) is 0 Å². The first-order chi connectivity index (χ1) is 12.6. The Kier molecular flexibility index (Phi) is 5.71. The summed E-state index contributed by atoms with van der Waals surface area (Å²) in [5.41, 5.74) is 0.940. The number of ether oxygens (including phenoxy) is 1. The van der Waals surface area contributed by atoms with Crippen molar-refractivity contribution >= 4 is 17.7 Å². The third-order valence-electron chi connectivity index (χ3n) is 4.86. The number of likely N-dealkylation sites (tertiary alicyclic amines) is 1. The van der Waals surface area contributed by atoms with Crippen molar-refractivity contribution in [1.29, 1.82) is 0 Å². The number of amides is 3. The summed E-state index contributed by atoms with van der Waals surface area (Å²) in [6, 6.07) is 7.54. The Morgan fingerprint density at radius 1 is 1.19 bits per heavy atom. The summed E-state index contributed by atoms with van der Waals surface area (Å²) in [5.74, 6) is -0.166. The van der Waals surface area contributed by atoms with Gasteiger partial charge in [0.05, 0.1) is 18.4 Å². The maximum absolute atomic E-state index is 12.4. The Bertz CT molecular complexity index is 702. The van der Waals surface area contributed by atoms with E-state index in [1.165, 1.54) is 4.90 Å². The zero-order chi connectivity index (χ0) is 18.5. The molecule has 0 unspecified atom stereocenters. The highest BCUT2D eigenvalue weighted by molar-refractivity contribution is 6.05. The predicted molar refractivity (Wildman–Crippen MR) is 96.1 cm³/mol. The minimum Gasteiger partial charge on any atom is -0.494 e. The lowest BCUT2D eigenvalue weighted by Crippen LogP contribution is -2.35. The van der Waals surface area contributed by atoms with Gasteiger partial charge in [-0.1, -0.05) is 24.3 Å². The number of allylic oxidation sites excluding steroid dienone is 2. The van der Waals surface area contributed by atoms with Gasteiger partial charge in [-0.2, -0.15) is 0 Å². The molecular formula is C20H24N2O4. The lowest BCUT2D eigenvalue weighted by atomic mass is 9.85. The molecule has 1 saturated heterocycles. The van der Waals surface area contributed by atoms with Crippen LogP contribution < -0.4 is 10.1 Å². The van der Waals surface area contributed by atoms with Gasteiger partial charge in [-0.25, -0.2) is 0 Å². The van der Waals surface area contributed by atoms with Crippen LogP contribution in [-0.2, 0) is 20.9 Å². The molecular weight excluding hydrogens is 332 g/mol. The fourth-order valence-electron chi connectivity index (χ4n) is 3.50. The third-order valence-corrected chi connectivity index (χ3v) is 4.86. The van der Waals surface area contributed by atoms with Gasteiger partial charge in [0.15, 0.2) is 0 Å². The smallest absolute Gasteiger partial charge is 0.233 e. The van der Waals surface area contributed by atoms with E-state index in [1.54, 1.807) is 0 Å². The molecule has 0 saturated carbocycles. The summed E-state index contributed by atoms with van der Waals surface area (Å²) in [6.45, 7) is 3.04. The van der Waals surface area contributed by atoms with Gasteiger partial charge in [-0.05, 0) is 37.5 Å². The highest BCUT2D eigenvalue weighted by Gasteiger charge is 2.46. The molecule has 0 spiro atoms. The Labute approximate surface area is 153 Å². The van der Waals surface area contributed by atoms with Crippen LogP contribution in [0.15, 0.2) is 36.4 Å². The SMILES string of the molecule is CCOc1cccc(CNC(=O)CCN2C(=O)[C@H]3CC=CC[C@H]3C2=O)c1. The number of nitrogens with zero attached hydrogens (tertiary/aromatic N) is 1. The van der Waals surface area contributed by atoms with Crippen molar-refractivity contribution in [3.63, 3.8) is 0 Å². The average molecular weight is 356 g/mol. The topological polar surface area (TPSA) is 75.7 Å². The Morgan fingerprint density at radius 3 is 2.54 bits per heavy atom. The predicted octanol–water partition coefficient (Wildman–Crippen LogP) is 2.04. The average Bonchev–Trinajstić information content (AvgIpc) is 2.90. The summed E-state index contributed by atoms with van der Waals surface area (Å²) < 4.78 is 5.44. The largest absolute Gasteiger partial charge is 0.494 e. The van der Waals surface area contributed by atoms with E-state index in [4.69, 9.17) is 4.74 Å². The fourth-order valence-corrected chi connectivity index (χ4v) is 3.50. The fraction of sp³-hybridized carbons (Fsp3) is 0.450. The summed E-state index contributed by atoms with van der Waals surface area (Å²) in [5, 5.41) is 2.83. The van der Waals surface area contributed by atoms with E-state index < -0.39 is 0 Å². The lowest BCUT2D eigenvalue weighted by molar-refractivity contribution is -0.140. The summed E-state index contributed by atoms with van der Waals surface area (Å²) >= 11 is 0. The van der Waals surface area contributed by atoms with Crippen molar-refractivity contribution < 1.29 is 19.1 Å². The number of hydrogen-bond acceptors (Lipinski definition) is 4. The number of benzene rings is 1. The Morgan fingerprint density at radius 2 is 1.88 bits per heavy atom. The molecule has 3 rings (SSSR count). The van der Waals surface area contributed by atoms with Gasteiger partial charge in [0.25, 0.3) is 0 Å². The maximum Gasteiger partial charge on any atom is 0.233 e. The molecule has 1 aromatic carbocycles. The van der Waals surface area contributed by atoms with Crippen LogP contribution in [-0.4, -0.2) is 35.8 Å². The van der Waals surface area contributed by atoms with Gasteiger partial charge in [0.1, 0.15) is 5.75 Å². The van der Waals surface area contributed by atoms with Crippen LogP contribution in [0.5, 0.6) is 5.75 Å². The highest BCUT2D eigenvalue weighted by Crippen LogP contribution is 2.34. The molecule has 3 amide bonds. The Hall–Kier alpha value is -2.63. The van der Waals surface area contributed by atoms with Gasteiger partial charge in [0, 0.05) is 19.5 Å². The van der Waals surface area contributed by atoms with E-state index in [-0.39, 0.29) is 42.5 Å². The summed E-state index contributed by atoms with van der Waals surface area (Å²) in [7, 11) is 0. The van der Waals surface area contributed by atoms with Crippen LogP contribution in [0.25, 0.3) is 0 Å². The molecule has 1 aliphatic heterocycles. The molecule has 6 heteroatoms. The monoisotopic (exact) mass is 356 g/mol. The lowest BCUT2D eigenvalue weighted by Gasteiger charge is -2.14. The third kappa shape index (κ3) is 3.95.